The minimum Gasteiger partial charge on any atom is -0.497 e. The number of rotatable bonds is 4. The van der Waals surface area contributed by atoms with Crippen molar-refractivity contribution in [1.82, 2.24) is 0 Å². The predicted octanol–water partition coefficient (Wildman–Crippen LogP) is 2.68. The number of ether oxygens (including phenoxy) is 1. The van der Waals surface area contributed by atoms with Gasteiger partial charge in [-0.3, -0.25) is 0 Å². The Balaban J connectivity index is 2.32. The molecule has 0 aromatic heterocycles. The summed E-state index contributed by atoms with van der Waals surface area (Å²) >= 11 is 0. The number of halogens is 1. The maximum absolute atomic E-state index is 13.3. The number of sulfone groups is 1. The molecule has 0 saturated heterocycles. The van der Waals surface area contributed by atoms with Crippen LogP contribution in [0.4, 0.5) is 4.39 Å². The molecular weight excluding hydrogens is 293 g/mol. The summed E-state index contributed by atoms with van der Waals surface area (Å²) in [6.07, 6.45) is 0. The Morgan fingerprint density at radius 1 is 1.19 bits per heavy atom. The van der Waals surface area contributed by atoms with Gasteiger partial charge in [-0.25, -0.2) is 12.8 Å². The van der Waals surface area contributed by atoms with Crippen molar-refractivity contribution in [2.45, 2.75) is 10.6 Å². The lowest BCUT2D eigenvalue weighted by molar-refractivity contribution is 0.414. The van der Waals surface area contributed by atoms with Gasteiger partial charge < -0.3 is 4.74 Å². The fourth-order valence-corrected chi connectivity index (χ4v) is 3.21. The summed E-state index contributed by atoms with van der Waals surface area (Å²) in [7, 11) is -2.13. The van der Waals surface area contributed by atoms with Crippen LogP contribution in [0, 0.1) is 17.1 Å². The first-order chi connectivity index (χ1) is 9.94. The van der Waals surface area contributed by atoms with Crippen molar-refractivity contribution in [1.29, 1.82) is 5.26 Å². The van der Waals surface area contributed by atoms with Crippen LogP contribution in [0.15, 0.2) is 47.4 Å². The molecule has 6 heteroatoms. The highest BCUT2D eigenvalue weighted by Gasteiger charge is 2.16. The smallest absolute Gasteiger partial charge is 0.182 e. The summed E-state index contributed by atoms with van der Waals surface area (Å²) in [5.41, 5.74) is 0.331. The van der Waals surface area contributed by atoms with E-state index < -0.39 is 15.7 Å². The van der Waals surface area contributed by atoms with Crippen LogP contribution in [0.25, 0.3) is 0 Å². The Labute approximate surface area is 122 Å². The number of nitriles is 1. The van der Waals surface area contributed by atoms with Gasteiger partial charge >= 0.3 is 0 Å². The van der Waals surface area contributed by atoms with Crippen molar-refractivity contribution in [2.75, 3.05) is 7.11 Å². The molecule has 2 aromatic rings. The van der Waals surface area contributed by atoms with Crippen LogP contribution in [0.1, 0.15) is 11.1 Å². The summed E-state index contributed by atoms with van der Waals surface area (Å²) in [4.78, 5) is 0.117. The van der Waals surface area contributed by atoms with Gasteiger partial charge in [-0.2, -0.15) is 5.26 Å². The largest absolute Gasteiger partial charge is 0.497 e. The molecule has 0 N–H and O–H groups in total. The molecule has 0 spiro atoms. The molecule has 108 valence electrons. The highest BCUT2D eigenvalue weighted by atomic mass is 32.2. The molecule has 0 atom stereocenters. The lowest BCUT2D eigenvalue weighted by atomic mass is 10.1. The first-order valence-electron chi connectivity index (χ1n) is 6.01. The summed E-state index contributed by atoms with van der Waals surface area (Å²) in [5.74, 6) is -0.452. The van der Waals surface area contributed by atoms with Crippen LogP contribution < -0.4 is 4.74 Å². The van der Waals surface area contributed by atoms with E-state index in [2.05, 4.69) is 0 Å². The first kappa shape index (κ1) is 15.0. The van der Waals surface area contributed by atoms with Crippen molar-refractivity contribution >= 4 is 9.84 Å². The Hall–Kier alpha value is -2.39. The maximum atomic E-state index is 13.3. The second kappa shape index (κ2) is 5.94. The third-order valence-corrected chi connectivity index (χ3v) is 4.57. The second-order valence-electron chi connectivity index (χ2n) is 4.39. The van der Waals surface area contributed by atoms with Gasteiger partial charge in [0, 0.05) is 0 Å². The fraction of sp³-hybridized carbons (Fsp3) is 0.133. The van der Waals surface area contributed by atoms with E-state index in [0.717, 1.165) is 12.1 Å². The second-order valence-corrected chi connectivity index (χ2v) is 6.38. The molecule has 0 amide bonds. The number of benzene rings is 2. The van der Waals surface area contributed by atoms with E-state index in [4.69, 9.17) is 10.00 Å². The quantitative estimate of drug-likeness (QED) is 0.871. The molecule has 0 radical (unpaired) electrons. The Kier molecular flexibility index (Phi) is 4.24. The van der Waals surface area contributed by atoms with Crippen LogP contribution in [-0.2, 0) is 15.6 Å². The summed E-state index contributed by atoms with van der Waals surface area (Å²) in [5, 5.41) is 8.78. The van der Waals surface area contributed by atoms with Gasteiger partial charge in [0.05, 0.1) is 29.4 Å². The first-order valence-corrected chi connectivity index (χ1v) is 7.66. The number of nitrogens with zero attached hydrogens (tertiary/aromatic N) is 1. The number of hydrogen-bond donors (Lipinski definition) is 0. The zero-order chi connectivity index (χ0) is 15.5. The normalized spacial score (nSPS) is 10.9. The molecule has 0 unspecified atom stereocenters. The molecule has 0 aliphatic rings. The summed E-state index contributed by atoms with van der Waals surface area (Å²) in [6, 6.07) is 11.3. The predicted molar refractivity (Wildman–Crippen MR) is 75.0 cm³/mol. The van der Waals surface area contributed by atoms with E-state index in [1.807, 2.05) is 0 Å². The molecule has 0 aliphatic heterocycles. The summed E-state index contributed by atoms with van der Waals surface area (Å²) < 4.78 is 42.8. The van der Waals surface area contributed by atoms with Crippen LogP contribution in [0.2, 0.25) is 0 Å². The molecule has 2 rings (SSSR count). The number of hydrogen-bond acceptors (Lipinski definition) is 4. The van der Waals surface area contributed by atoms with Gasteiger partial charge in [-0.15, -0.1) is 0 Å². The van der Waals surface area contributed by atoms with Crippen molar-refractivity contribution in [3.05, 3.63) is 59.4 Å². The van der Waals surface area contributed by atoms with E-state index in [0.29, 0.717) is 5.75 Å². The van der Waals surface area contributed by atoms with E-state index in [1.165, 1.54) is 25.3 Å². The van der Waals surface area contributed by atoms with Gasteiger partial charge in [0.15, 0.2) is 9.84 Å². The highest BCUT2D eigenvalue weighted by molar-refractivity contribution is 7.90. The molecule has 0 saturated carbocycles. The lowest BCUT2D eigenvalue weighted by Crippen LogP contribution is -2.05. The minimum atomic E-state index is -3.61. The molecule has 4 nitrogen and oxygen atoms in total. The third-order valence-electron chi connectivity index (χ3n) is 2.86. The molecule has 0 bridgehead atoms. The SMILES string of the molecule is COc1ccc(S(=O)(=O)Cc2cc(F)cc(C#N)c2)cc1. The van der Waals surface area contributed by atoms with Gasteiger partial charge in [-0.1, -0.05) is 0 Å². The Morgan fingerprint density at radius 2 is 1.86 bits per heavy atom. The van der Waals surface area contributed by atoms with Crippen LogP contribution >= 0.6 is 0 Å². The molecule has 0 heterocycles. The van der Waals surface area contributed by atoms with Gasteiger partial charge in [-0.05, 0) is 48.0 Å². The minimum absolute atomic E-state index is 0.0925. The monoisotopic (exact) mass is 305 g/mol. The van der Waals surface area contributed by atoms with Gasteiger partial charge in [0.1, 0.15) is 11.6 Å². The van der Waals surface area contributed by atoms with Crippen LogP contribution in [0.3, 0.4) is 0 Å². The van der Waals surface area contributed by atoms with E-state index in [9.17, 15) is 12.8 Å². The molecule has 2 aromatic carbocycles. The van der Waals surface area contributed by atoms with Crippen molar-refractivity contribution in [2.24, 2.45) is 0 Å². The van der Waals surface area contributed by atoms with E-state index >= 15 is 0 Å². The average molecular weight is 305 g/mol. The van der Waals surface area contributed by atoms with Crippen molar-refractivity contribution in [3.63, 3.8) is 0 Å². The standard InChI is InChI=1S/C15H12FNO3S/c1-20-14-2-4-15(5-3-14)21(18,19)10-12-6-11(9-17)7-13(16)8-12/h2-8H,10H2,1H3. The zero-order valence-electron chi connectivity index (χ0n) is 11.2. The van der Waals surface area contributed by atoms with Crippen molar-refractivity contribution in [3.8, 4) is 11.8 Å². The number of methoxy groups -OCH3 is 1. The molecule has 0 aliphatic carbocycles. The van der Waals surface area contributed by atoms with Crippen molar-refractivity contribution < 1.29 is 17.5 Å². The highest BCUT2D eigenvalue weighted by Crippen LogP contribution is 2.20. The van der Waals surface area contributed by atoms with Gasteiger partial charge in [0.25, 0.3) is 0 Å². The van der Waals surface area contributed by atoms with Crippen LogP contribution in [0.5, 0.6) is 5.75 Å². The topological polar surface area (TPSA) is 67.2 Å². The Morgan fingerprint density at radius 3 is 2.43 bits per heavy atom. The average Bonchev–Trinajstić information content (AvgIpc) is 2.46. The fourth-order valence-electron chi connectivity index (χ4n) is 1.88. The molecule has 21 heavy (non-hydrogen) atoms. The van der Waals surface area contributed by atoms with Crippen LogP contribution in [-0.4, -0.2) is 15.5 Å². The molecular formula is C15H12FNO3S. The lowest BCUT2D eigenvalue weighted by Gasteiger charge is -2.06. The van der Waals surface area contributed by atoms with E-state index in [-0.39, 0.29) is 21.8 Å². The Bertz CT molecular complexity index is 793. The zero-order valence-corrected chi connectivity index (χ0v) is 12.0. The van der Waals surface area contributed by atoms with E-state index in [1.54, 1.807) is 18.2 Å². The molecule has 0 fully saturated rings. The summed E-state index contributed by atoms with van der Waals surface area (Å²) in [6.45, 7) is 0. The van der Waals surface area contributed by atoms with Gasteiger partial charge in [0.2, 0.25) is 0 Å². The maximum Gasteiger partial charge on any atom is 0.182 e. The third kappa shape index (κ3) is 3.58.